The summed E-state index contributed by atoms with van der Waals surface area (Å²) in [6, 6.07) is 12.8. The van der Waals surface area contributed by atoms with Gasteiger partial charge in [0, 0.05) is 10.6 Å². The molecule has 0 atom stereocenters. The number of benzene rings is 2. The van der Waals surface area contributed by atoms with Crippen LogP contribution in [0.15, 0.2) is 48.5 Å². The molecule has 0 unspecified atom stereocenters. The predicted octanol–water partition coefficient (Wildman–Crippen LogP) is 3.82. The zero-order chi connectivity index (χ0) is 11.5. The molecule has 2 aromatic rings. The molecular formula is C13H9ClO. The van der Waals surface area contributed by atoms with Gasteiger partial charge in [0.25, 0.3) is 0 Å². The average Bonchev–Trinajstić information content (AvgIpc) is 2.30. The molecule has 0 aliphatic rings. The highest BCUT2D eigenvalue weighted by molar-refractivity contribution is 6.30. The molecule has 2 heteroatoms. The molecule has 0 aliphatic heterocycles. The first-order valence-electron chi connectivity index (χ1n) is 5.02. The van der Waals surface area contributed by atoms with Gasteiger partial charge in [-0.1, -0.05) is 48.0 Å². The van der Waals surface area contributed by atoms with Gasteiger partial charge >= 0.3 is 0 Å². The molecule has 0 N–H and O–H groups in total. The summed E-state index contributed by atoms with van der Waals surface area (Å²) < 4.78 is 7.65. The van der Waals surface area contributed by atoms with Crippen molar-refractivity contribution in [2.75, 3.05) is 0 Å². The number of hydrogen-bond donors (Lipinski definition) is 0. The Morgan fingerprint density at radius 2 is 1.60 bits per heavy atom. The Labute approximate surface area is 94.7 Å². The van der Waals surface area contributed by atoms with Gasteiger partial charge in [0.05, 0.1) is 1.37 Å². The van der Waals surface area contributed by atoms with E-state index in [0.29, 0.717) is 16.9 Å². The first kappa shape index (κ1) is 8.69. The van der Waals surface area contributed by atoms with E-state index >= 15 is 0 Å². The van der Waals surface area contributed by atoms with Crippen LogP contribution in [0.2, 0.25) is 5.02 Å². The fraction of sp³-hybridized carbons (Fsp3) is 0. The molecule has 0 aromatic heterocycles. The molecule has 0 saturated carbocycles. The first-order chi connectivity index (χ1) is 7.70. The lowest BCUT2D eigenvalue weighted by molar-refractivity contribution is 0.112. The van der Waals surface area contributed by atoms with Crippen LogP contribution in [0.3, 0.4) is 0 Å². The zero-order valence-corrected chi connectivity index (χ0v) is 8.66. The molecule has 0 saturated heterocycles. The lowest BCUT2D eigenvalue weighted by atomic mass is 10.0. The average molecular weight is 218 g/mol. The van der Waals surface area contributed by atoms with Crippen LogP contribution in [0, 0.1) is 0 Å². The van der Waals surface area contributed by atoms with Crippen LogP contribution < -0.4 is 0 Å². The van der Waals surface area contributed by atoms with Crippen molar-refractivity contribution in [1.82, 2.24) is 0 Å². The van der Waals surface area contributed by atoms with E-state index in [9.17, 15) is 4.79 Å². The van der Waals surface area contributed by atoms with Gasteiger partial charge < -0.3 is 0 Å². The maximum atomic E-state index is 10.6. The Balaban J connectivity index is 2.45. The van der Waals surface area contributed by atoms with E-state index in [1.54, 1.807) is 24.3 Å². The Morgan fingerprint density at radius 1 is 1.00 bits per heavy atom. The molecule has 0 heterocycles. The van der Waals surface area contributed by atoms with Gasteiger partial charge in [-0.25, -0.2) is 0 Å². The van der Waals surface area contributed by atoms with Crippen molar-refractivity contribution in [2.24, 2.45) is 0 Å². The van der Waals surface area contributed by atoms with Crippen LogP contribution in [-0.4, -0.2) is 6.29 Å². The second-order valence-electron chi connectivity index (χ2n) is 3.16. The summed E-state index contributed by atoms with van der Waals surface area (Å²) in [5, 5.41) is 0.680. The van der Waals surface area contributed by atoms with Gasteiger partial charge in [0.2, 0.25) is 0 Å². The van der Waals surface area contributed by atoms with Crippen LogP contribution in [0.4, 0.5) is 0 Å². The van der Waals surface area contributed by atoms with Crippen molar-refractivity contribution < 1.29 is 6.17 Å². The van der Waals surface area contributed by atoms with E-state index in [0.717, 1.165) is 11.1 Å². The molecule has 2 aromatic carbocycles. The molecule has 1 nitrogen and oxygen atoms in total. The van der Waals surface area contributed by atoms with Crippen LogP contribution >= 0.6 is 11.6 Å². The van der Waals surface area contributed by atoms with Crippen LogP contribution in [0.5, 0.6) is 0 Å². The normalized spacial score (nSPS) is 10.9. The number of hydrogen-bond acceptors (Lipinski definition) is 1. The van der Waals surface area contributed by atoms with Crippen LogP contribution in [0.25, 0.3) is 11.1 Å². The largest absolute Gasteiger partial charge is 0.298 e. The molecule has 0 amide bonds. The maximum Gasteiger partial charge on any atom is 0.150 e. The molecule has 0 bridgehead atoms. The summed E-state index contributed by atoms with van der Waals surface area (Å²) in [5.74, 6) is 0. The van der Waals surface area contributed by atoms with Crippen molar-refractivity contribution in [3.8, 4) is 11.1 Å². The Kier molecular flexibility index (Phi) is 2.48. The summed E-state index contributed by atoms with van der Waals surface area (Å²) in [6.45, 7) is 0. The van der Waals surface area contributed by atoms with E-state index in [-0.39, 0.29) is 6.04 Å². The molecule has 0 radical (unpaired) electrons. The number of aldehydes is 1. The third-order valence-electron chi connectivity index (χ3n) is 2.14. The molecule has 74 valence electrons. The summed E-state index contributed by atoms with van der Waals surface area (Å²) in [4.78, 5) is 10.6. The number of rotatable bonds is 2. The molecular weight excluding hydrogens is 208 g/mol. The molecule has 15 heavy (non-hydrogen) atoms. The Hall–Kier alpha value is -1.60. The van der Waals surface area contributed by atoms with E-state index in [1.807, 2.05) is 18.2 Å². The maximum absolute atomic E-state index is 10.6. The number of halogens is 1. The second kappa shape index (κ2) is 4.28. The standard InChI is InChI=1S/C13H9ClO/c14-13-7-5-12(6-8-13)11-3-1-10(9-15)2-4-11/h1-9H/i1D. The van der Waals surface area contributed by atoms with Crippen LogP contribution in [-0.2, 0) is 0 Å². The molecule has 0 spiro atoms. The summed E-state index contributed by atoms with van der Waals surface area (Å²) in [6.07, 6.45) is 0.688. The lowest BCUT2D eigenvalue weighted by Gasteiger charge is -2.01. The van der Waals surface area contributed by atoms with Gasteiger partial charge in [0.15, 0.2) is 0 Å². The van der Waals surface area contributed by atoms with Crippen molar-refractivity contribution in [2.45, 2.75) is 0 Å². The topological polar surface area (TPSA) is 17.1 Å². The van der Waals surface area contributed by atoms with Crippen molar-refractivity contribution >= 4 is 17.9 Å². The summed E-state index contributed by atoms with van der Waals surface area (Å²) in [7, 11) is 0. The third-order valence-corrected chi connectivity index (χ3v) is 2.39. The first-order valence-corrected chi connectivity index (χ1v) is 4.90. The van der Waals surface area contributed by atoms with Gasteiger partial charge in [0.1, 0.15) is 6.29 Å². The fourth-order valence-electron chi connectivity index (χ4n) is 1.33. The smallest absolute Gasteiger partial charge is 0.150 e. The monoisotopic (exact) mass is 217 g/mol. The SMILES string of the molecule is [2H]c1cc(-c2ccc(Cl)cc2)ccc1C=O. The van der Waals surface area contributed by atoms with Crippen molar-refractivity contribution in [1.29, 1.82) is 0 Å². The van der Waals surface area contributed by atoms with Crippen molar-refractivity contribution in [3.63, 3.8) is 0 Å². The Bertz CT molecular complexity index is 520. The van der Waals surface area contributed by atoms with E-state index < -0.39 is 0 Å². The van der Waals surface area contributed by atoms with Gasteiger partial charge in [-0.15, -0.1) is 0 Å². The summed E-state index contributed by atoms with van der Waals surface area (Å²) >= 11 is 5.79. The summed E-state index contributed by atoms with van der Waals surface area (Å²) in [5.41, 5.74) is 2.29. The van der Waals surface area contributed by atoms with E-state index in [4.69, 9.17) is 13.0 Å². The fourth-order valence-corrected chi connectivity index (χ4v) is 1.46. The second-order valence-corrected chi connectivity index (χ2v) is 3.59. The molecule has 2 rings (SSSR count). The highest BCUT2D eigenvalue weighted by atomic mass is 35.5. The lowest BCUT2D eigenvalue weighted by Crippen LogP contribution is -1.80. The Morgan fingerprint density at radius 3 is 2.20 bits per heavy atom. The van der Waals surface area contributed by atoms with Gasteiger partial charge in [-0.3, -0.25) is 4.79 Å². The zero-order valence-electron chi connectivity index (χ0n) is 8.91. The van der Waals surface area contributed by atoms with Gasteiger partial charge in [-0.05, 0) is 23.3 Å². The highest BCUT2D eigenvalue weighted by Crippen LogP contribution is 2.21. The number of carbonyl (C=O) groups excluding carboxylic acids is 1. The number of carbonyl (C=O) groups is 1. The third kappa shape index (κ3) is 2.25. The molecule has 0 fully saturated rings. The van der Waals surface area contributed by atoms with E-state index in [2.05, 4.69) is 0 Å². The molecule has 0 aliphatic carbocycles. The van der Waals surface area contributed by atoms with Crippen LogP contribution in [0.1, 0.15) is 11.7 Å². The highest BCUT2D eigenvalue weighted by Gasteiger charge is 1.97. The minimum Gasteiger partial charge on any atom is -0.298 e. The van der Waals surface area contributed by atoms with Crippen molar-refractivity contribution in [3.05, 3.63) is 59.1 Å². The van der Waals surface area contributed by atoms with E-state index in [1.165, 1.54) is 0 Å². The van der Waals surface area contributed by atoms with Gasteiger partial charge in [-0.2, -0.15) is 0 Å². The quantitative estimate of drug-likeness (QED) is 0.699. The minimum atomic E-state index is 0.238. The minimum absolute atomic E-state index is 0.238. The predicted molar refractivity (Wildman–Crippen MR) is 62.3 cm³/mol.